The molecular formula is C17H21NO. The molecule has 0 radical (unpaired) electrons. The minimum absolute atomic E-state index is 0.894. The molecule has 0 amide bonds. The molecule has 19 heavy (non-hydrogen) atoms. The number of anilines is 1. The van der Waals surface area contributed by atoms with Gasteiger partial charge in [-0.25, -0.2) is 0 Å². The summed E-state index contributed by atoms with van der Waals surface area (Å²) < 4.78 is 5.29. The van der Waals surface area contributed by atoms with Gasteiger partial charge in [0.2, 0.25) is 0 Å². The van der Waals surface area contributed by atoms with Gasteiger partial charge in [0, 0.05) is 18.8 Å². The number of rotatable bonds is 5. The summed E-state index contributed by atoms with van der Waals surface area (Å²) in [5, 5.41) is 0. The molecule has 0 fully saturated rings. The molecule has 0 unspecified atom stereocenters. The lowest BCUT2D eigenvalue weighted by atomic mass is 10.0. The summed E-state index contributed by atoms with van der Waals surface area (Å²) in [5.41, 5.74) is 3.68. The van der Waals surface area contributed by atoms with Crippen molar-refractivity contribution in [2.45, 2.75) is 13.8 Å². The molecular weight excluding hydrogens is 234 g/mol. The van der Waals surface area contributed by atoms with Gasteiger partial charge in [-0.2, -0.15) is 0 Å². The van der Waals surface area contributed by atoms with E-state index in [-0.39, 0.29) is 0 Å². The van der Waals surface area contributed by atoms with Gasteiger partial charge in [-0.05, 0) is 49.2 Å². The van der Waals surface area contributed by atoms with Gasteiger partial charge in [-0.15, -0.1) is 0 Å². The maximum atomic E-state index is 5.29. The van der Waals surface area contributed by atoms with Crippen LogP contribution >= 0.6 is 0 Å². The Morgan fingerprint density at radius 2 is 1.53 bits per heavy atom. The fraction of sp³-hybridized carbons (Fsp3) is 0.294. The summed E-state index contributed by atoms with van der Waals surface area (Å²) in [6, 6.07) is 16.8. The molecule has 0 aliphatic carbocycles. The van der Waals surface area contributed by atoms with Crippen LogP contribution in [0.2, 0.25) is 0 Å². The van der Waals surface area contributed by atoms with Crippen LogP contribution in [0.3, 0.4) is 0 Å². The number of hydrogen-bond acceptors (Lipinski definition) is 2. The van der Waals surface area contributed by atoms with Crippen molar-refractivity contribution in [1.29, 1.82) is 0 Å². The Bertz CT molecular complexity index is 532. The minimum atomic E-state index is 0.894. The zero-order chi connectivity index (χ0) is 13.7. The standard InChI is InChI=1S/C17H21NO/c1-4-18(5-2)16-10-6-8-14(12-16)15-9-7-11-17(13-15)19-3/h6-13H,4-5H2,1-3H3. The summed E-state index contributed by atoms with van der Waals surface area (Å²) in [6.07, 6.45) is 0. The molecule has 2 aromatic carbocycles. The summed E-state index contributed by atoms with van der Waals surface area (Å²) >= 11 is 0. The van der Waals surface area contributed by atoms with Crippen molar-refractivity contribution in [2.24, 2.45) is 0 Å². The third kappa shape index (κ3) is 3.08. The van der Waals surface area contributed by atoms with Crippen molar-refractivity contribution >= 4 is 5.69 Å². The van der Waals surface area contributed by atoms with Gasteiger partial charge in [-0.3, -0.25) is 0 Å². The Kier molecular flexibility index (Phi) is 4.45. The molecule has 2 heteroatoms. The van der Waals surface area contributed by atoms with E-state index in [1.165, 1.54) is 16.8 Å². The average Bonchev–Trinajstić information content (AvgIpc) is 2.49. The van der Waals surface area contributed by atoms with Crippen molar-refractivity contribution in [3.8, 4) is 16.9 Å². The summed E-state index contributed by atoms with van der Waals surface area (Å²) in [4.78, 5) is 2.35. The molecule has 0 aromatic heterocycles. The molecule has 0 spiro atoms. The van der Waals surface area contributed by atoms with Crippen LogP contribution in [-0.2, 0) is 0 Å². The Balaban J connectivity index is 2.37. The third-order valence-corrected chi connectivity index (χ3v) is 3.38. The van der Waals surface area contributed by atoms with E-state index in [9.17, 15) is 0 Å². The number of nitrogens with zero attached hydrogens (tertiary/aromatic N) is 1. The van der Waals surface area contributed by atoms with Crippen molar-refractivity contribution in [3.05, 3.63) is 48.5 Å². The van der Waals surface area contributed by atoms with Gasteiger partial charge in [0.1, 0.15) is 5.75 Å². The van der Waals surface area contributed by atoms with E-state index in [0.717, 1.165) is 18.8 Å². The molecule has 0 N–H and O–H groups in total. The molecule has 2 rings (SSSR count). The average molecular weight is 255 g/mol. The van der Waals surface area contributed by atoms with Crippen LogP contribution in [0.5, 0.6) is 5.75 Å². The second kappa shape index (κ2) is 6.28. The largest absolute Gasteiger partial charge is 0.497 e. The lowest BCUT2D eigenvalue weighted by Crippen LogP contribution is -2.21. The van der Waals surface area contributed by atoms with Crippen LogP contribution in [0.15, 0.2) is 48.5 Å². The normalized spacial score (nSPS) is 10.3. The molecule has 0 bridgehead atoms. The van der Waals surface area contributed by atoms with Gasteiger partial charge in [0.15, 0.2) is 0 Å². The first kappa shape index (κ1) is 13.5. The first-order valence-electron chi connectivity index (χ1n) is 6.78. The van der Waals surface area contributed by atoms with Gasteiger partial charge < -0.3 is 9.64 Å². The first-order chi connectivity index (χ1) is 9.28. The molecule has 2 nitrogen and oxygen atoms in total. The van der Waals surface area contributed by atoms with Crippen LogP contribution in [0.1, 0.15) is 13.8 Å². The highest BCUT2D eigenvalue weighted by molar-refractivity contribution is 5.69. The fourth-order valence-electron chi connectivity index (χ4n) is 2.27. The highest BCUT2D eigenvalue weighted by Crippen LogP contribution is 2.27. The fourth-order valence-corrected chi connectivity index (χ4v) is 2.27. The SMILES string of the molecule is CCN(CC)c1cccc(-c2cccc(OC)c2)c1. The van der Waals surface area contributed by atoms with E-state index in [0.29, 0.717) is 0 Å². The summed E-state index contributed by atoms with van der Waals surface area (Å²) in [6.45, 7) is 6.42. The lowest BCUT2D eigenvalue weighted by Gasteiger charge is -2.21. The van der Waals surface area contributed by atoms with Crippen LogP contribution in [0.25, 0.3) is 11.1 Å². The second-order valence-electron chi connectivity index (χ2n) is 4.45. The maximum absolute atomic E-state index is 5.29. The Morgan fingerprint density at radius 1 is 0.895 bits per heavy atom. The van der Waals surface area contributed by atoms with E-state index in [4.69, 9.17) is 4.74 Å². The molecule has 0 atom stereocenters. The number of hydrogen-bond donors (Lipinski definition) is 0. The zero-order valence-electron chi connectivity index (χ0n) is 11.9. The van der Waals surface area contributed by atoms with Crippen LogP contribution in [-0.4, -0.2) is 20.2 Å². The van der Waals surface area contributed by atoms with E-state index in [1.54, 1.807) is 7.11 Å². The molecule has 0 aliphatic heterocycles. The molecule has 0 saturated heterocycles. The van der Waals surface area contributed by atoms with E-state index >= 15 is 0 Å². The second-order valence-corrected chi connectivity index (χ2v) is 4.45. The predicted octanol–water partition coefficient (Wildman–Crippen LogP) is 4.21. The Labute approximate surface area is 115 Å². The van der Waals surface area contributed by atoms with E-state index in [2.05, 4.69) is 55.1 Å². The van der Waals surface area contributed by atoms with Crippen molar-refractivity contribution in [1.82, 2.24) is 0 Å². The zero-order valence-corrected chi connectivity index (χ0v) is 11.9. The monoisotopic (exact) mass is 255 g/mol. The molecule has 0 aliphatic rings. The van der Waals surface area contributed by atoms with Gasteiger partial charge in [-0.1, -0.05) is 24.3 Å². The lowest BCUT2D eigenvalue weighted by molar-refractivity contribution is 0.415. The van der Waals surface area contributed by atoms with Crippen LogP contribution in [0.4, 0.5) is 5.69 Å². The maximum Gasteiger partial charge on any atom is 0.119 e. The minimum Gasteiger partial charge on any atom is -0.497 e. The van der Waals surface area contributed by atoms with Gasteiger partial charge in [0.25, 0.3) is 0 Å². The quantitative estimate of drug-likeness (QED) is 0.793. The highest BCUT2D eigenvalue weighted by Gasteiger charge is 2.04. The first-order valence-corrected chi connectivity index (χ1v) is 6.78. The number of benzene rings is 2. The van der Waals surface area contributed by atoms with Crippen molar-refractivity contribution in [3.63, 3.8) is 0 Å². The van der Waals surface area contributed by atoms with Gasteiger partial charge in [0.05, 0.1) is 7.11 Å². The van der Waals surface area contributed by atoms with Crippen LogP contribution < -0.4 is 9.64 Å². The Hall–Kier alpha value is -1.96. The smallest absolute Gasteiger partial charge is 0.119 e. The molecule has 0 heterocycles. The van der Waals surface area contributed by atoms with Crippen molar-refractivity contribution in [2.75, 3.05) is 25.1 Å². The highest BCUT2D eigenvalue weighted by atomic mass is 16.5. The number of ether oxygens (including phenoxy) is 1. The van der Waals surface area contributed by atoms with E-state index < -0.39 is 0 Å². The predicted molar refractivity (Wildman–Crippen MR) is 82.0 cm³/mol. The topological polar surface area (TPSA) is 12.5 Å². The third-order valence-electron chi connectivity index (χ3n) is 3.38. The molecule has 2 aromatic rings. The summed E-state index contributed by atoms with van der Waals surface area (Å²) in [5.74, 6) is 0.894. The van der Waals surface area contributed by atoms with Crippen LogP contribution in [0, 0.1) is 0 Å². The Morgan fingerprint density at radius 3 is 2.16 bits per heavy atom. The molecule has 100 valence electrons. The summed E-state index contributed by atoms with van der Waals surface area (Å²) in [7, 11) is 1.70. The molecule has 0 saturated carbocycles. The van der Waals surface area contributed by atoms with Crippen molar-refractivity contribution < 1.29 is 4.74 Å². The van der Waals surface area contributed by atoms with Gasteiger partial charge >= 0.3 is 0 Å². The van der Waals surface area contributed by atoms with E-state index in [1.807, 2.05) is 12.1 Å². The number of methoxy groups -OCH3 is 1.